The standard InChI is InChI=1S/C23H25ClN10O5S/c1-37-17-8-4-7-16(29-17)19-30-31-23(34(19)18-20(38-2)27-13-28-21(18)39-3)32-40(35,36)15-6-5-9-33(12-15)22-25-10-14(24)11-26-22/h4,7-8,10-11,13,15H,5-6,9,12H2,1-3H3,(H,31,32). The van der Waals surface area contributed by atoms with Crippen LogP contribution in [-0.2, 0) is 10.0 Å². The van der Waals surface area contributed by atoms with Crippen LogP contribution in [0.3, 0.4) is 0 Å². The molecule has 1 unspecified atom stereocenters. The Morgan fingerprint density at radius 3 is 2.40 bits per heavy atom. The van der Waals surface area contributed by atoms with E-state index in [1.807, 2.05) is 0 Å². The number of pyridine rings is 1. The number of sulfonamides is 1. The molecule has 1 fully saturated rings. The molecule has 0 aromatic carbocycles. The van der Waals surface area contributed by atoms with Crippen molar-refractivity contribution < 1.29 is 22.6 Å². The van der Waals surface area contributed by atoms with Crippen molar-refractivity contribution in [3.8, 4) is 34.8 Å². The van der Waals surface area contributed by atoms with Crippen molar-refractivity contribution in [2.75, 3.05) is 44.0 Å². The van der Waals surface area contributed by atoms with Crippen LogP contribution in [0.25, 0.3) is 17.2 Å². The van der Waals surface area contributed by atoms with Gasteiger partial charge in [-0.3, -0.25) is 4.72 Å². The molecular weight excluding hydrogens is 564 g/mol. The van der Waals surface area contributed by atoms with E-state index < -0.39 is 15.3 Å². The van der Waals surface area contributed by atoms with Crippen LogP contribution < -0.4 is 23.8 Å². The molecule has 1 atom stereocenters. The summed E-state index contributed by atoms with van der Waals surface area (Å²) in [5, 5.41) is 8.00. The van der Waals surface area contributed by atoms with Crippen molar-refractivity contribution >= 4 is 33.5 Å². The van der Waals surface area contributed by atoms with Gasteiger partial charge in [0.1, 0.15) is 12.0 Å². The Morgan fingerprint density at radius 2 is 1.73 bits per heavy atom. The Labute approximate surface area is 234 Å². The minimum atomic E-state index is -4.00. The number of piperidine rings is 1. The quantitative estimate of drug-likeness (QED) is 0.301. The summed E-state index contributed by atoms with van der Waals surface area (Å²) < 4.78 is 47.6. The highest BCUT2D eigenvalue weighted by Crippen LogP contribution is 2.35. The first-order valence-electron chi connectivity index (χ1n) is 12.0. The van der Waals surface area contributed by atoms with Gasteiger partial charge in [0.25, 0.3) is 0 Å². The van der Waals surface area contributed by atoms with Crippen LogP contribution in [0.2, 0.25) is 5.02 Å². The molecule has 1 saturated heterocycles. The molecule has 210 valence electrons. The van der Waals surface area contributed by atoms with Crippen molar-refractivity contribution in [3.63, 3.8) is 0 Å². The number of aromatic nitrogens is 8. The molecule has 0 amide bonds. The Morgan fingerprint density at radius 1 is 1.00 bits per heavy atom. The van der Waals surface area contributed by atoms with E-state index in [2.05, 4.69) is 39.8 Å². The molecule has 1 aliphatic rings. The van der Waals surface area contributed by atoms with E-state index in [4.69, 9.17) is 25.8 Å². The highest BCUT2D eigenvalue weighted by molar-refractivity contribution is 7.93. The summed E-state index contributed by atoms with van der Waals surface area (Å²) in [6.07, 6.45) is 5.23. The molecule has 0 spiro atoms. The van der Waals surface area contributed by atoms with E-state index >= 15 is 0 Å². The van der Waals surface area contributed by atoms with E-state index in [1.165, 1.54) is 44.6 Å². The van der Waals surface area contributed by atoms with Crippen molar-refractivity contribution in [1.29, 1.82) is 0 Å². The topological polar surface area (TPSA) is 172 Å². The molecule has 0 radical (unpaired) electrons. The molecule has 17 heteroatoms. The van der Waals surface area contributed by atoms with Gasteiger partial charge in [-0.1, -0.05) is 17.7 Å². The molecule has 0 bridgehead atoms. The lowest BCUT2D eigenvalue weighted by Crippen LogP contribution is -2.45. The summed E-state index contributed by atoms with van der Waals surface area (Å²) in [4.78, 5) is 23.0. The maximum absolute atomic E-state index is 13.7. The Kier molecular flexibility index (Phi) is 7.79. The summed E-state index contributed by atoms with van der Waals surface area (Å²) in [7, 11) is 0.311. The third kappa shape index (κ3) is 5.40. The van der Waals surface area contributed by atoms with Gasteiger partial charge >= 0.3 is 0 Å². The van der Waals surface area contributed by atoms with Crippen LogP contribution in [0, 0.1) is 0 Å². The van der Waals surface area contributed by atoms with E-state index in [-0.39, 0.29) is 35.8 Å². The minimum absolute atomic E-state index is 0.0972. The van der Waals surface area contributed by atoms with Crippen LogP contribution >= 0.6 is 11.6 Å². The third-order valence-corrected chi connectivity index (χ3v) is 8.06. The second-order valence-corrected chi connectivity index (χ2v) is 10.9. The second kappa shape index (κ2) is 11.4. The van der Waals surface area contributed by atoms with Gasteiger partial charge in [-0.05, 0) is 18.9 Å². The number of ether oxygens (including phenoxy) is 3. The van der Waals surface area contributed by atoms with Crippen LogP contribution in [-0.4, -0.2) is 87.8 Å². The number of nitrogens with one attached hydrogen (secondary N) is 1. The predicted molar refractivity (Wildman–Crippen MR) is 145 cm³/mol. The fourth-order valence-corrected chi connectivity index (χ4v) is 5.78. The molecule has 4 aromatic rings. The maximum Gasteiger partial charge on any atom is 0.245 e. The number of hydrogen-bond acceptors (Lipinski definition) is 13. The van der Waals surface area contributed by atoms with Crippen LogP contribution in [0.4, 0.5) is 11.9 Å². The number of rotatable bonds is 9. The largest absolute Gasteiger partial charge is 0.481 e. The molecule has 15 nitrogen and oxygen atoms in total. The smallest absolute Gasteiger partial charge is 0.245 e. The lowest BCUT2D eigenvalue weighted by Gasteiger charge is -2.32. The Hall–Kier alpha value is -4.31. The second-order valence-electron chi connectivity index (χ2n) is 8.55. The van der Waals surface area contributed by atoms with Crippen molar-refractivity contribution in [2.24, 2.45) is 0 Å². The molecule has 5 heterocycles. The highest BCUT2D eigenvalue weighted by Gasteiger charge is 2.34. The van der Waals surface area contributed by atoms with E-state index in [1.54, 1.807) is 23.1 Å². The summed E-state index contributed by atoms with van der Waals surface area (Å²) >= 11 is 5.91. The fraction of sp³-hybridized carbons (Fsp3) is 0.348. The monoisotopic (exact) mass is 588 g/mol. The number of nitrogens with zero attached hydrogens (tertiary/aromatic N) is 9. The van der Waals surface area contributed by atoms with Crippen molar-refractivity contribution in [2.45, 2.75) is 18.1 Å². The molecule has 5 rings (SSSR count). The molecule has 0 saturated carbocycles. The maximum atomic E-state index is 13.7. The average Bonchev–Trinajstić information content (AvgIpc) is 3.39. The zero-order valence-electron chi connectivity index (χ0n) is 21.7. The van der Waals surface area contributed by atoms with Gasteiger partial charge in [0.15, 0.2) is 11.5 Å². The van der Waals surface area contributed by atoms with Gasteiger partial charge in [0.05, 0.1) is 44.0 Å². The first-order valence-corrected chi connectivity index (χ1v) is 13.9. The fourth-order valence-electron chi connectivity index (χ4n) is 4.27. The number of anilines is 2. The molecule has 1 aliphatic heterocycles. The first-order chi connectivity index (χ1) is 19.3. The number of hydrogen-bond donors (Lipinski definition) is 1. The van der Waals surface area contributed by atoms with E-state index in [0.717, 1.165) is 0 Å². The third-order valence-electron chi connectivity index (χ3n) is 6.13. The zero-order chi connectivity index (χ0) is 28.3. The van der Waals surface area contributed by atoms with E-state index in [0.29, 0.717) is 41.9 Å². The number of halogens is 1. The highest BCUT2D eigenvalue weighted by atomic mass is 35.5. The Bertz CT molecular complexity index is 1580. The van der Waals surface area contributed by atoms with Gasteiger partial charge in [0.2, 0.25) is 39.6 Å². The van der Waals surface area contributed by atoms with Gasteiger partial charge < -0.3 is 19.1 Å². The molecule has 0 aliphatic carbocycles. The van der Waals surface area contributed by atoms with Crippen LogP contribution in [0.1, 0.15) is 12.8 Å². The summed E-state index contributed by atoms with van der Waals surface area (Å²) in [5.41, 5.74) is 0.517. The minimum Gasteiger partial charge on any atom is -0.481 e. The summed E-state index contributed by atoms with van der Waals surface area (Å²) in [6.45, 7) is 0.766. The molecule has 40 heavy (non-hydrogen) atoms. The van der Waals surface area contributed by atoms with Crippen molar-refractivity contribution in [1.82, 2.24) is 39.7 Å². The Balaban J connectivity index is 1.56. The summed E-state index contributed by atoms with van der Waals surface area (Å²) in [6, 6.07) is 5.06. The van der Waals surface area contributed by atoms with Gasteiger partial charge in [-0.2, -0.15) is 9.97 Å². The van der Waals surface area contributed by atoms with Gasteiger partial charge in [0, 0.05) is 19.2 Å². The predicted octanol–water partition coefficient (Wildman–Crippen LogP) is 2.00. The molecule has 1 N–H and O–H groups in total. The molecule has 4 aromatic heterocycles. The average molecular weight is 589 g/mol. The SMILES string of the molecule is COc1cccc(-c2nnc(NS(=O)(=O)C3CCCN(c4ncc(Cl)cn4)C3)n2-c2c(OC)ncnc2OC)n1. The van der Waals surface area contributed by atoms with E-state index in [9.17, 15) is 8.42 Å². The normalized spacial score (nSPS) is 15.5. The van der Waals surface area contributed by atoms with Crippen LogP contribution in [0.5, 0.6) is 17.6 Å². The zero-order valence-corrected chi connectivity index (χ0v) is 23.3. The summed E-state index contributed by atoms with van der Waals surface area (Å²) in [5.74, 6) is 0.951. The lowest BCUT2D eigenvalue weighted by atomic mass is 10.1. The van der Waals surface area contributed by atoms with Gasteiger partial charge in [-0.15, -0.1) is 10.2 Å². The van der Waals surface area contributed by atoms with Gasteiger partial charge in [-0.25, -0.2) is 27.9 Å². The van der Waals surface area contributed by atoms with Crippen LogP contribution in [0.15, 0.2) is 36.9 Å². The number of methoxy groups -OCH3 is 3. The first kappa shape index (κ1) is 27.3. The lowest BCUT2D eigenvalue weighted by molar-refractivity contribution is 0.368. The van der Waals surface area contributed by atoms with Crippen molar-refractivity contribution in [3.05, 3.63) is 41.9 Å². The molecular formula is C23H25ClN10O5S.